The second kappa shape index (κ2) is 7.56. The van der Waals surface area contributed by atoms with E-state index in [0.717, 1.165) is 23.3 Å². The molecule has 1 N–H and O–H groups in total. The summed E-state index contributed by atoms with van der Waals surface area (Å²) >= 11 is 0. The van der Waals surface area contributed by atoms with Crippen LogP contribution in [0.15, 0.2) is 54.9 Å². The highest BCUT2D eigenvalue weighted by Crippen LogP contribution is 2.42. The number of nitrogens with zero attached hydrogens (tertiary/aromatic N) is 3. The van der Waals surface area contributed by atoms with Crippen LogP contribution >= 0.6 is 0 Å². The number of carbonyl (C=O) groups excluding carboxylic acids is 1. The minimum Gasteiger partial charge on any atom is -0.313 e. The van der Waals surface area contributed by atoms with Crippen LogP contribution in [0.1, 0.15) is 25.0 Å². The molecule has 1 aliphatic rings. The first-order valence-corrected chi connectivity index (χ1v) is 11.1. The summed E-state index contributed by atoms with van der Waals surface area (Å²) in [5, 5.41) is 9.01. The third-order valence-electron chi connectivity index (χ3n) is 4.92. The molecule has 0 aliphatic carbocycles. The zero-order valence-corrected chi connectivity index (χ0v) is 18.2. The Labute approximate surface area is 183 Å². The Balaban J connectivity index is 2.04. The number of sulfonamides is 1. The minimum absolute atomic E-state index is 0.0720. The summed E-state index contributed by atoms with van der Waals surface area (Å²) in [5.41, 5.74) is -2.18. The lowest BCUT2D eigenvalue weighted by molar-refractivity contribution is -0.137. The molecule has 1 fully saturated rings. The quantitative estimate of drug-likeness (QED) is 0.737. The van der Waals surface area contributed by atoms with Crippen LogP contribution in [0, 0.1) is 11.3 Å². The molecule has 1 aliphatic heterocycles. The number of rotatable bonds is 4. The maximum atomic E-state index is 13.4. The Hall–Kier alpha value is -3.52. The van der Waals surface area contributed by atoms with E-state index in [9.17, 15) is 26.4 Å². The number of carbonyl (C=O) groups is 1. The zero-order chi connectivity index (χ0) is 24.1. The third kappa shape index (κ3) is 4.13. The zero-order valence-electron chi connectivity index (χ0n) is 17.4. The predicted molar refractivity (Wildman–Crippen MR) is 114 cm³/mol. The number of hydrogen-bond donors (Lipinski definition) is 1. The SMILES string of the molecule is C=C1N(c2ccc(C#N)c(C(F)(F)F)c2)C(=O)C(C)(C)N1c1ccc(NS(C)(=O)=O)cc1. The molecule has 1 amide bonds. The van der Waals surface area contributed by atoms with E-state index < -0.39 is 38.8 Å². The molecule has 0 bridgehead atoms. The van der Waals surface area contributed by atoms with Gasteiger partial charge in [0.25, 0.3) is 5.91 Å². The molecule has 0 saturated carbocycles. The van der Waals surface area contributed by atoms with Crippen LogP contribution in [0.3, 0.4) is 0 Å². The van der Waals surface area contributed by atoms with Crippen LogP contribution < -0.4 is 14.5 Å². The Morgan fingerprint density at radius 3 is 2.16 bits per heavy atom. The lowest BCUT2D eigenvalue weighted by Crippen LogP contribution is -2.43. The Kier molecular flexibility index (Phi) is 5.47. The number of benzene rings is 2. The fraction of sp³-hybridized carbons (Fsp3) is 0.238. The molecular formula is C21H19F3N4O3S. The third-order valence-corrected chi connectivity index (χ3v) is 5.52. The van der Waals surface area contributed by atoms with Gasteiger partial charge in [-0.15, -0.1) is 0 Å². The molecule has 7 nitrogen and oxygen atoms in total. The lowest BCUT2D eigenvalue weighted by atomic mass is 10.0. The van der Waals surface area contributed by atoms with Gasteiger partial charge in [0.05, 0.1) is 29.1 Å². The van der Waals surface area contributed by atoms with Gasteiger partial charge in [-0.2, -0.15) is 18.4 Å². The number of hydrogen-bond acceptors (Lipinski definition) is 5. The molecule has 0 atom stereocenters. The molecular weight excluding hydrogens is 445 g/mol. The number of amides is 1. The van der Waals surface area contributed by atoms with E-state index in [0.29, 0.717) is 11.4 Å². The van der Waals surface area contributed by atoms with Gasteiger partial charge in [0, 0.05) is 11.4 Å². The number of halogens is 3. The molecule has 0 spiro atoms. The van der Waals surface area contributed by atoms with Crippen LogP contribution in [0.4, 0.5) is 30.2 Å². The predicted octanol–water partition coefficient (Wildman–Crippen LogP) is 4.05. The normalized spacial score (nSPS) is 16.3. The van der Waals surface area contributed by atoms with Crippen molar-refractivity contribution in [1.29, 1.82) is 5.26 Å². The van der Waals surface area contributed by atoms with E-state index in [1.54, 1.807) is 30.9 Å². The fourth-order valence-electron chi connectivity index (χ4n) is 3.54. The maximum absolute atomic E-state index is 13.4. The van der Waals surface area contributed by atoms with Gasteiger partial charge in [0.2, 0.25) is 10.0 Å². The molecule has 1 heterocycles. The summed E-state index contributed by atoms with van der Waals surface area (Å²) in [6.07, 6.45) is -3.77. The van der Waals surface area contributed by atoms with Crippen LogP contribution in [0.25, 0.3) is 0 Å². The molecule has 2 aromatic rings. The molecule has 11 heteroatoms. The number of alkyl halides is 3. The van der Waals surface area contributed by atoms with Crippen molar-refractivity contribution in [2.45, 2.75) is 25.6 Å². The molecule has 0 radical (unpaired) electrons. The first-order valence-electron chi connectivity index (χ1n) is 9.19. The highest BCUT2D eigenvalue weighted by atomic mass is 32.2. The second-order valence-electron chi connectivity index (χ2n) is 7.71. The van der Waals surface area contributed by atoms with Crippen molar-refractivity contribution >= 4 is 33.0 Å². The van der Waals surface area contributed by atoms with Gasteiger partial charge in [-0.3, -0.25) is 14.4 Å². The smallest absolute Gasteiger partial charge is 0.313 e. The lowest BCUT2D eigenvalue weighted by Gasteiger charge is -2.30. The van der Waals surface area contributed by atoms with E-state index in [4.69, 9.17) is 5.26 Å². The highest BCUT2D eigenvalue weighted by Gasteiger charge is 2.49. The van der Waals surface area contributed by atoms with Crippen molar-refractivity contribution < 1.29 is 26.4 Å². The van der Waals surface area contributed by atoms with Gasteiger partial charge in [-0.1, -0.05) is 6.58 Å². The summed E-state index contributed by atoms with van der Waals surface area (Å²) in [7, 11) is -3.48. The number of nitriles is 1. The Bertz CT molecular complexity index is 1250. The van der Waals surface area contributed by atoms with Crippen LogP contribution in [0.2, 0.25) is 0 Å². The molecule has 168 valence electrons. The fourth-order valence-corrected chi connectivity index (χ4v) is 4.11. The monoisotopic (exact) mass is 464 g/mol. The average molecular weight is 464 g/mol. The minimum atomic E-state index is -4.77. The van der Waals surface area contributed by atoms with Crippen molar-refractivity contribution in [1.82, 2.24) is 0 Å². The van der Waals surface area contributed by atoms with Crippen molar-refractivity contribution in [2.75, 3.05) is 20.8 Å². The van der Waals surface area contributed by atoms with Crippen molar-refractivity contribution in [3.8, 4) is 6.07 Å². The molecule has 3 rings (SSSR count). The van der Waals surface area contributed by atoms with Crippen molar-refractivity contribution in [3.05, 3.63) is 66.0 Å². The van der Waals surface area contributed by atoms with Crippen LogP contribution in [0.5, 0.6) is 0 Å². The molecule has 0 aromatic heterocycles. The number of nitrogens with one attached hydrogen (secondary N) is 1. The summed E-state index contributed by atoms with van der Waals surface area (Å²) in [4.78, 5) is 15.8. The Morgan fingerprint density at radius 2 is 1.66 bits per heavy atom. The first kappa shape index (κ1) is 23.1. The van der Waals surface area contributed by atoms with Crippen molar-refractivity contribution in [2.24, 2.45) is 0 Å². The van der Waals surface area contributed by atoms with E-state index in [1.807, 2.05) is 0 Å². The topological polar surface area (TPSA) is 93.5 Å². The second-order valence-corrected chi connectivity index (χ2v) is 9.46. The summed E-state index contributed by atoms with van der Waals surface area (Å²) < 4.78 is 65.3. The molecule has 1 saturated heterocycles. The summed E-state index contributed by atoms with van der Waals surface area (Å²) in [6.45, 7) is 7.09. The first-order chi connectivity index (χ1) is 14.7. The molecule has 2 aromatic carbocycles. The highest BCUT2D eigenvalue weighted by molar-refractivity contribution is 7.92. The van der Waals surface area contributed by atoms with Crippen LogP contribution in [-0.4, -0.2) is 26.1 Å². The summed E-state index contributed by atoms with van der Waals surface area (Å²) in [5.74, 6) is -0.402. The van der Waals surface area contributed by atoms with Crippen molar-refractivity contribution in [3.63, 3.8) is 0 Å². The van der Waals surface area contributed by atoms with Gasteiger partial charge in [-0.05, 0) is 56.3 Å². The maximum Gasteiger partial charge on any atom is 0.417 e. The van der Waals surface area contributed by atoms with Gasteiger partial charge in [-0.25, -0.2) is 8.42 Å². The molecule has 0 unspecified atom stereocenters. The van der Waals surface area contributed by atoms with E-state index in [2.05, 4.69) is 11.3 Å². The van der Waals surface area contributed by atoms with E-state index in [1.165, 1.54) is 24.3 Å². The molecule has 32 heavy (non-hydrogen) atoms. The van der Waals surface area contributed by atoms with Gasteiger partial charge >= 0.3 is 6.18 Å². The van der Waals surface area contributed by atoms with E-state index in [-0.39, 0.29) is 11.5 Å². The largest absolute Gasteiger partial charge is 0.417 e. The average Bonchev–Trinajstić information content (AvgIpc) is 2.84. The summed E-state index contributed by atoms with van der Waals surface area (Å²) in [6, 6.07) is 10.7. The van der Waals surface area contributed by atoms with Gasteiger partial charge < -0.3 is 4.90 Å². The van der Waals surface area contributed by atoms with E-state index >= 15 is 0 Å². The van der Waals surface area contributed by atoms with Gasteiger partial charge in [0.15, 0.2) is 0 Å². The van der Waals surface area contributed by atoms with Crippen LogP contribution in [-0.2, 0) is 21.0 Å². The number of anilines is 3. The standard InChI is InChI=1S/C21H19F3N4O3S/c1-13-27(17-8-5-14(12-25)18(11-17)21(22,23)24)19(29)20(2,3)28(13)16-9-6-15(7-10-16)26-32(4,30)31/h5-11,26H,1H2,2-4H3. The van der Waals surface area contributed by atoms with Gasteiger partial charge in [0.1, 0.15) is 11.4 Å². The Morgan fingerprint density at radius 1 is 1.09 bits per heavy atom.